The number of likely N-dealkylation sites (tertiary alicyclic amines) is 1. The summed E-state index contributed by atoms with van der Waals surface area (Å²) in [5.74, 6) is 6.45. The third-order valence-electron chi connectivity index (χ3n) is 7.02. The summed E-state index contributed by atoms with van der Waals surface area (Å²) in [4.78, 5) is 15.4. The van der Waals surface area contributed by atoms with Gasteiger partial charge in [0.1, 0.15) is 5.71 Å². The molecule has 2 fully saturated rings. The fourth-order valence-corrected chi connectivity index (χ4v) is 4.84. The third-order valence-corrected chi connectivity index (χ3v) is 7.02. The summed E-state index contributed by atoms with van der Waals surface area (Å²) in [5.41, 5.74) is 5.92. The SMILES string of the molecule is Cc1cc(C2CCC2)c(/C(C=N)=N/N)cc1C(=O)N1CCC(c2ccc(C#N)cc2)CC1. The summed E-state index contributed by atoms with van der Waals surface area (Å²) < 4.78 is 0. The first kappa shape index (κ1) is 21.8. The van der Waals surface area contributed by atoms with E-state index in [1.807, 2.05) is 42.2 Å². The van der Waals surface area contributed by atoms with E-state index in [2.05, 4.69) is 17.2 Å². The van der Waals surface area contributed by atoms with Gasteiger partial charge in [0.2, 0.25) is 0 Å². The Morgan fingerprint density at radius 1 is 1.12 bits per heavy atom. The zero-order chi connectivity index (χ0) is 22.7. The molecule has 164 valence electrons. The van der Waals surface area contributed by atoms with E-state index in [-0.39, 0.29) is 5.91 Å². The van der Waals surface area contributed by atoms with Crippen molar-refractivity contribution in [2.24, 2.45) is 10.9 Å². The maximum atomic E-state index is 13.4. The first-order chi connectivity index (χ1) is 15.5. The number of nitriles is 1. The Hall–Kier alpha value is -3.46. The summed E-state index contributed by atoms with van der Waals surface area (Å²) in [6, 6.07) is 13.9. The fourth-order valence-electron chi connectivity index (χ4n) is 4.84. The van der Waals surface area contributed by atoms with Gasteiger partial charge in [-0.15, -0.1) is 0 Å². The van der Waals surface area contributed by atoms with Crippen LogP contribution in [0.15, 0.2) is 41.5 Å². The number of carbonyl (C=O) groups is 1. The van der Waals surface area contributed by atoms with E-state index in [1.165, 1.54) is 18.2 Å². The normalized spacial score (nSPS) is 17.5. The van der Waals surface area contributed by atoms with Gasteiger partial charge in [-0.2, -0.15) is 10.4 Å². The molecule has 1 heterocycles. The lowest BCUT2D eigenvalue weighted by molar-refractivity contribution is 0.0712. The number of carbonyl (C=O) groups excluding carboxylic acids is 1. The van der Waals surface area contributed by atoms with Gasteiger partial charge in [-0.1, -0.05) is 24.6 Å². The van der Waals surface area contributed by atoms with Crippen LogP contribution < -0.4 is 5.84 Å². The molecule has 4 rings (SSSR count). The number of aryl methyl sites for hydroxylation is 1. The van der Waals surface area contributed by atoms with Gasteiger partial charge in [0.25, 0.3) is 5.91 Å². The highest BCUT2D eigenvalue weighted by Crippen LogP contribution is 2.39. The molecular weight excluding hydrogens is 398 g/mol. The van der Waals surface area contributed by atoms with Crippen LogP contribution in [0.1, 0.15) is 82.1 Å². The smallest absolute Gasteiger partial charge is 0.254 e. The van der Waals surface area contributed by atoms with E-state index in [1.54, 1.807) is 0 Å². The second-order valence-corrected chi connectivity index (χ2v) is 8.84. The van der Waals surface area contributed by atoms with Crippen molar-refractivity contribution in [2.45, 2.75) is 50.9 Å². The molecule has 0 spiro atoms. The van der Waals surface area contributed by atoms with Gasteiger partial charge >= 0.3 is 0 Å². The molecule has 0 unspecified atom stereocenters. The number of rotatable bonds is 5. The quantitative estimate of drug-likeness (QED) is 0.418. The molecule has 2 aromatic rings. The standard InChI is InChI=1S/C26H29N5O/c1-17-13-23(21-3-2-4-21)24(25(16-28)30-29)14-22(17)26(32)31-11-9-20(10-12-31)19-7-5-18(15-27)6-8-19/h5-8,13-14,16,20-21,28H,2-4,9-12,29H2,1H3/b28-16?,30-25+. The second-order valence-electron chi connectivity index (χ2n) is 8.84. The lowest BCUT2D eigenvalue weighted by Gasteiger charge is -2.33. The highest BCUT2D eigenvalue weighted by molar-refractivity contribution is 6.37. The number of hydrogen-bond acceptors (Lipinski definition) is 5. The highest BCUT2D eigenvalue weighted by Gasteiger charge is 2.29. The molecule has 2 aromatic carbocycles. The number of nitrogens with zero attached hydrogens (tertiary/aromatic N) is 3. The average molecular weight is 428 g/mol. The van der Waals surface area contributed by atoms with Crippen LogP contribution in [-0.4, -0.2) is 35.8 Å². The van der Waals surface area contributed by atoms with Crippen molar-refractivity contribution in [1.82, 2.24) is 4.90 Å². The molecule has 2 aliphatic rings. The molecule has 32 heavy (non-hydrogen) atoms. The number of nitrogens with one attached hydrogen (secondary N) is 1. The van der Waals surface area contributed by atoms with Crippen molar-refractivity contribution >= 4 is 17.8 Å². The van der Waals surface area contributed by atoms with E-state index >= 15 is 0 Å². The molecule has 6 nitrogen and oxygen atoms in total. The monoisotopic (exact) mass is 427 g/mol. The first-order valence-corrected chi connectivity index (χ1v) is 11.3. The van der Waals surface area contributed by atoms with Crippen molar-refractivity contribution < 1.29 is 4.79 Å². The van der Waals surface area contributed by atoms with Gasteiger partial charge in [-0.3, -0.25) is 4.79 Å². The Bertz CT molecular complexity index is 1080. The summed E-state index contributed by atoms with van der Waals surface area (Å²) >= 11 is 0. The van der Waals surface area contributed by atoms with E-state index in [9.17, 15) is 4.79 Å². The Balaban J connectivity index is 1.53. The predicted octanol–water partition coefficient (Wildman–Crippen LogP) is 4.47. The highest BCUT2D eigenvalue weighted by atomic mass is 16.2. The predicted molar refractivity (Wildman–Crippen MR) is 126 cm³/mol. The Morgan fingerprint density at radius 2 is 1.81 bits per heavy atom. The van der Waals surface area contributed by atoms with Gasteiger partial charge in [-0.25, -0.2) is 0 Å². The summed E-state index contributed by atoms with van der Waals surface area (Å²) in [7, 11) is 0. The maximum Gasteiger partial charge on any atom is 0.254 e. The maximum absolute atomic E-state index is 13.4. The molecule has 0 bridgehead atoms. The van der Waals surface area contributed by atoms with Crippen LogP contribution in [0.25, 0.3) is 0 Å². The molecule has 1 aliphatic heterocycles. The van der Waals surface area contributed by atoms with Crippen molar-refractivity contribution in [2.75, 3.05) is 13.1 Å². The van der Waals surface area contributed by atoms with Gasteiger partial charge in [0.05, 0.1) is 11.6 Å². The summed E-state index contributed by atoms with van der Waals surface area (Å²) in [6.45, 7) is 3.39. The number of benzene rings is 2. The van der Waals surface area contributed by atoms with Gasteiger partial charge in [-0.05, 0) is 79.3 Å². The second kappa shape index (κ2) is 9.35. The van der Waals surface area contributed by atoms with Crippen molar-refractivity contribution in [3.8, 4) is 6.07 Å². The number of amides is 1. The van der Waals surface area contributed by atoms with E-state index < -0.39 is 0 Å². The van der Waals surface area contributed by atoms with Gasteiger partial charge in [0.15, 0.2) is 0 Å². The van der Waals surface area contributed by atoms with Crippen LogP contribution in [0, 0.1) is 23.7 Å². The Kier molecular flexibility index (Phi) is 6.36. The van der Waals surface area contributed by atoms with Gasteiger partial charge in [0, 0.05) is 30.4 Å². The number of nitrogens with two attached hydrogens (primary N) is 1. The Morgan fingerprint density at radius 3 is 2.34 bits per heavy atom. The molecule has 1 amide bonds. The molecule has 1 saturated heterocycles. The minimum Gasteiger partial charge on any atom is -0.339 e. The van der Waals surface area contributed by atoms with Crippen LogP contribution in [0.3, 0.4) is 0 Å². The van der Waals surface area contributed by atoms with Crippen LogP contribution >= 0.6 is 0 Å². The molecule has 1 aliphatic carbocycles. The number of hydrogen-bond donors (Lipinski definition) is 2. The molecule has 0 radical (unpaired) electrons. The molecule has 3 N–H and O–H groups in total. The topological polar surface area (TPSA) is 106 Å². The van der Waals surface area contributed by atoms with Crippen molar-refractivity contribution in [3.05, 3.63) is 69.8 Å². The Labute approximate surface area is 189 Å². The first-order valence-electron chi connectivity index (χ1n) is 11.3. The molecular formula is C26H29N5O. The van der Waals surface area contributed by atoms with Crippen LogP contribution in [0.4, 0.5) is 0 Å². The zero-order valence-corrected chi connectivity index (χ0v) is 18.5. The summed E-state index contributed by atoms with van der Waals surface area (Å²) in [6.07, 6.45) is 6.43. The van der Waals surface area contributed by atoms with E-state index in [0.717, 1.165) is 42.4 Å². The van der Waals surface area contributed by atoms with E-state index in [4.69, 9.17) is 16.5 Å². The van der Waals surface area contributed by atoms with Crippen LogP contribution in [0.5, 0.6) is 0 Å². The zero-order valence-electron chi connectivity index (χ0n) is 18.5. The minimum atomic E-state index is 0.0311. The largest absolute Gasteiger partial charge is 0.339 e. The lowest BCUT2D eigenvalue weighted by Crippen LogP contribution is -2.38. The number of piperidine rings is 1. The third kappa shape index (κ3) is 4.16. The summed E-state index contributed by atoms with van der Waals surface area (Å²) in [5, 5.41) is 20.5. The molecule has 6 heteroatoms. The molecule has 0 atom stereocenters. The fraction of sp³-hybridized carbons (Fsp3) is 0.385. The van der Waals surface area contributed by atoms with Crippen molar-refractivity contribution in [3.63, 3.8) is 0 Å². The number of hydrazone groups is 1. The molecule has 1 saturated carbocycles. The van der Waals surface area contributed by atoms with Crippen LogP contribution in [0.2, 0.25) is 0 Å². The average Bonchev–Trinajstić information content (AvgIpc) is 2.79. The molecule has 0 aromatic heterocycles. The van der Waals surface area contributed by atoms with Gasteiger partial charge < -0.3 is 16.2 Å². The van der Waals surface area contributed by atoms with Crippen molar-refractivity contribution in [1.29, 1.82) is 10.7 Å². The van der Waals surface area contributed by atoms with Crippen LogP contribution in [-0.2, 0) is 0 Å². The van der Waals surface area contributed by atoms with E-state index in [0.29, 0.717) is 41.8 Å². The lowest BCUT2D eigenvalue weighted by atomic mass is 9.76. The minimum absolute atomic E-state index is 0.0311.